The smallest absolute Gasteiger partial charge is 0.00492 e. The van der Waals surface area contributed by atoms with E-state index in [1.54, 1.807) is 12.8 Å². The van der Waals surface area contributed by atoms with E-state index in [-0.39, 0.29) is 0 Å². The van der Waals surface area contributed by atoms with Crippen LogP contribution >= 0.6 is 0 Å². The zero-order chi connectivity index (χ0) is 7.68. The molecule has 0 saturated heterocycles. The lowest BCUT2D eigenvalue weighted by Gasteiger charge is -2.46. The molecule has 0 aromatic carbocycles. The molecule has 1 heteroatoms. The van der Waals surface area contributed by atoms with Crippen LogP contribution in [-0.4, -0.2) is 13.6 Å². The highest BCUT2D eigenvalue weighted by Gasteiger charge is 2.39. The zero-order valence-corrected chi connectivity index (χ0v) is 7.47. The van der Waals surface area contributed by atoms with E-state index in [0.29, 0.717) is 0 Å². The molecule has 0 aromatic heterocycles. The Morgan fingerprint density at radius 1 is 1.27 bits per heavy atom. The van der Waals surface area contributed by atoms with E-state index in [9.17, 15) is 0 Å². The summed E-state index contributed by atoms with van der Waals surface area (Å²) in [4.78, 5) is 0. The van der Waals surface area contributed by atoms with Crippen molar-refractivity contribution in [3.8, 4) is 0 Å². The fourth-order valence-corrected chi connectivity index (χ4v) is 2.80. The first-order valence-corrected chi connectivity index (χ1v) is 5.04. The normalized spacial score (nSPS) is 41.7. The van der Waals surface area contributed by atoms with E-state index in [0.717, 1.165) is 17.8 Å². The Morgan fingerprint density at radius 3 is 2.64 bits per heavy atom. The van der Waals surface area contributed by atoms with Gasteiger partial charge in [0.25, 0.3) is 0 Å². The Balaban J connectivity index is 1.75. The monoisotopic (exact) mass is 153 g/mol. The van der Waals surface area contributed by atoms with E-state index < -0.39 is 0 Å². The summed E-state index contributed by atoms with van der Waals surface area (Å²) in [7, 11) is 2.06. The quantitative estimate of drug-likeness (QED) is 0.654. The molecule has 3 fully saturated rings. The maximum atomic E-state index is 3.25. The molecule has 0 amide bonds. The van der Waals surface area contributed by atoms with Crippen LogP contribution in [0.4, 0.5) is 0 Å². The first kappa shape index (κ1) is 7.60. The first-order chi connectivity index (χ1) is 5.40. The van der Waals surface area contributed by atoms with E-state index in [1.165, 1.54) is 25.8 Å². The van der Waals surface area contributed by atoms with Gasteiger partial charge in [-0.3, -0.25) is 0 Å². The van der Waals surface area contributed by atoms with Crippen molar-refractivity contribution in [2.75, 3.05) is 13.6 Å². The van der Waals surface area contributed by atoms with Crippen molar-refractivity contribution in [2.24, 2.45) is 17.8 Å². The van der Waals surface area contributed by atoms with Gasteiger partial charge in [-0.1, -0.05) is 6.42 Å². The van der Waals surface area contributed by atoms with E-state index >= 15 is 0 Å². The van der Waals surface area contributed by atoms with Gasteiger partial charge >= 0.3 is 0 Å². The molecule has 1 nitrogen and oxygen atoms in total. The standard InChI is InChI=1S/C10H19N/c1-11-5-4-9-3-2-8-6-10(9)7-8/h8-11H,2-7H2,1H3. The highest BCUT2D eigenvalue weighted by molar-refractivity contribution is 4.90. The van der Waals surface area contributed by atoms with Crippen LogP contribution in [0.3, 0.4) is 0 Å². The van der Waals surface area contributed by atoms with Gasteiger partial charge in [0.15, 0.2) is 0 Å². The maximum Gasteiger partial charge on any atom is -0.00492 e. The first-order valence-electron chi connectivity index (χ1n) is 5.04. The molecule has 0 aliphatic heterocycles. The predicted molar refractivity (Wildman–Crippen MR) is 47.5 cm³/mol. The largest absolute Gasteiger partial charge is 0.320 e. The lowest BCUT2D eigenvalue weighted by atomic mass is 9.59. The van der Waals surface area contributed by atoms with Crippen LogP contribution in [-0.2, 0) is 0 Å². The number of fused-ring (bicyclic) bond motifs is 2. The summed E-state index contributed by atoms with van der Waals surface area (Å²) in [6, 6.07) is 0. The molecular weight excluding hydrogens is 134 g/mol. The SMILES string of the molecule is CNCCC1CCC2CC1C2. The number of rotatable bonds is 3. The van der Waals surface area contributed by atoms with Gasteiger partial charge in [-0.25, -0.2) is 0 Å². The van der Waals surface area contributed by atoms with Gasteiger partial charge in [0.2, 0.25) is 0 Å². The Labute approximate surface area is 69.6 Å². The van der Waals surface area contributed by atoms with Gasteiger partial charge in [-0.15, -0.1) is 0 Å². The van der Waals surface area contributed by atoms with Crippen LogP contribution in [0.1, 0.15) is 32.1 Å². The Hall–Kier alpha value is -0.0400. The fourth-order valence-electron chi connectivity index (χ4n) is 2.80. The number of hydrogen-bond donors (Lipinski definition) is 1. The van der Waals surface area contributed by atoms with Crippen molar-refractivity contribution in [1.29, 1.82) is 0 Å². The summed E-state index contributed by atoms with van der Waals surface area (Å²) >= 11 is 0. The maximum absolute atomic E-state index is 3.25. The summed E-state index contributed by atoms with van der Waals surface area (Å²) in [5.74, 6) is 3.35. The van der Waals surface area contributed by atoms with Gasteiger partial charge in [-0.2, -0.15) is 0 Å². The van der Waals surface area contributed by atoms with Crippen molar-refractivity contribution in [2.45, 2.75) is 32.1 Å². The molecule has 0 heterocycles. The summed E-state index contributed by atoms with van der Waals surface area (Å²) in [6.45, 7) is 1.23. The Bertz CT molecular complexity index is 124. The molecule has 3 aliphatic rings. The zero-order valence-electron chi connectivity index (χ0n) is 7.47. The minimum atomic E-state index is 1.08. The molecule has 1 unspecified atom stereocenters. The van der Waals surface area contributed by atoms with Crippen LogP contribution in [0.15, 0.2) is 0 Å². The Kier molecular flexibility index (Phi) is 2.17. The van der Waals surface area contributed by atoms with Crippen LogP contribution < -0.4 is 5.32 Å². The molecule has 0 aromatic rings. The van der Waals surface area contributed by atoms with Crippen molar-refractivity contribution in [3.05, 3.63) is 0 Å². The third-order valence-corrected chi connectivity index (χ3v) is 3.65. The predicted octanol–water partition coefficient (Wildman–Crippen LogP) is 2.03. The minimum Gasteiger partial charge on any atom is -0.320 e. The Morgan fingerprint density at radius 2 is 2.09 bits per heavy atom. The highest BCUT2D eigenvalue weighted by atomic mass is 14.8. The second-order valence-electron chi connectivity index (χ2n) is 4.33. The second-order valence-corrected chi connectivity index (χ2v) is 4.33. The molecule has 11 heavy (non-hydrogen) atoms. The molecular formula is C10H19N. The lowest BCUT2D eigenvalue weighted by molar-refractivity contribution is 0.0457. The van der Waals surface area contributed by atoms with Gasteiger partial charge < -0.3 is 5.32 Å². The summed E-state index contributed by atoms with van der Waals surface area (Å²) in [5, 5.41) is 3.25. The highest BCUT2D eigenvalue weighted by Crippen LogP contribution is 2.49. The molecule has 0 spiro atoms. The topological polar surface area (TPSA) is 12.0 Å². The molecule has 1 N–H and O–H groups in total. The number of hydrogen-bond acceptors (Lipinski definition) is 1. The minimum absolute atomic E-state index is 1.08. The van der Waals surface area contributed by atoms with Gasteiger partial charge in [0.1, 0.15) is 0 Å². The second kappa shape index (κ2) is 3.14. The third kappa shape index (κ3) is 1.44. The van der Waals surface area contributed by atoms with Crippen molar-refractivity contribution >= 4 is 0 Å². The lowest BCUT2D eigenvalue weighted by Crippen LogP contribution is -2.37. The number of nitrogens with one attached hydrogen (secondary N) is 1. The van der Waals surface area contributed by atoms with Crippen molar-refractivity contribution in [1.82, 2.24) is 5.32 Å². The summed E-state index contributed by atoms with van der Waals surface area (Å²) in [5.41, 5.74) is 0. The molecule has 0 radical (unpaired) electrons. The average molecular weight is 153 g/mol. The summed E-state index contributed by atoms with van der Waals surface area (Å²) < 4.78 is 0. The van der Waals surface area contributed by atoms with E-state index in [4.69, 9.17) is 0 Å². The molecule has 1 atom stereocenters. The molecule has 3 rings (SSSR count). The van der Waals surface area contributed by atoms with Gasteiger partial charge in [0, 0.05) is 0 Å². The van der Waals surface area contributed by atoms with E-state index in [1.807, 2.05) is 0 Å². The average Bonchev–Trinajstić information content (AvgIpc) is 2.00. The van der Waals surface area contributed by atoms with Crippen LogP contribution in [0, 0.1) is 17.8 Å². The van der Waals surface area contributed by atoms with Crippen molar-refractivity contribution in [3.63, 3.8) is 0 Å². The van der Waals surface area contributed by atoms with Gasteiger partial charge in [-0.05, 0) is 57.0 Å². The van der Waals surface area contributed by atoms with Gasteiger partial charge in [0.05, 0.1) is 0 Å². The molecule has 2 bridgehead atoms. The van der Waals surface area contributed by atoms with Crippen molar-refractivity contribution < 1.29 is 0 Å². The van der Waals surface area contributed by atoms with Crippen LogP contribution in [0.25, 0.3) is 0 Å². The fraction of sp³-hybridized carbons (Fsp3) is 1.00. The van der Waals surface area contributed by atoms with Crippen LogP contribution in [0.2, 0.25) is 0 Å². The molecule has 3 saturated carbocycles. The third-order valence-electron chi connectivity index (χ3n) is 3.65. The van der Waals surface area contributed by atoms with E-state index in [2.05, 4.69) is 12.4 Å². The summed E-state index contributed by atoms with van der Waals surface area (Å²) in [6.07, 6.45) is 7.61. The van der Waals surface area contributed by atoms with Crippen LogP contribution in [0.5, 0.6) is 0 Å². The molecule has 64 valence electrons. The molecule has 3 aliphatic carbocycles.